The third-order valence-corrected chi connectivity index (χ3v) is 2.15. The molecule has 1 aromatic heterocycles. The number of anilines is 1. The highest BCUT2D eigenvalue weighted by atomic mass is 15.4. The number of hydrogen-bond acceptors (Lipinski definition) is 3. The molecule has 0 unspecified atom stereocenters. The molecule has 0 bridgehead atoms. The van der Waals surface area contributed by atoms with E-state index in [1.807, 2.05) is 23.4 Å². The number of aliphatic imine (C=N–C) groups is 1. The summed E-state index contributed by atoms with van der Waals surface area (Å²) in [5.74, 6) is 1.17. The zero-order valence-electron chi connectivity index (χ0n) is 6.51. The van der Waals surface area contributed by atoms with Crippen LogP contribution in [0.3, 0.4) is 0 Å². The molecular formula is C8H8N4. The Bertz CT molecular complexity index is 374. The SMILES string of the molecule is C1=Cn2ncc3c2N(C=NC3)C1. The fraction of sp³-hybridized carbons (Fsp3) is 0.250. The Morgan fingerprint density at radius 1 is 1.42 bits per heavy atom. The average Bonchev–Trinajstić information content (AvgIpc) is 2.52. The highest BCUT2D eigenvalue weighted by Crippen LogP contribution is 2.25. The van der Waals surface area contributed by atoms with Crippen molar-refractivity contribution >= 4 is 18.4 Å². The van der Waals surface area contributed by atoms with E-state index < -0.39 is 0 Å². The van der Waals surface area contributed by atoms with Crippen LogP contribution in [-0.2, 0) is 6.54 Å². The molecule has 0 amide bonds. The summed E-state index contributed by atoms with van der Waals surface area (Å²) in [6.07, 6.45) is 7.83. The molecule has 1 aromatic rings. The van der Waals surface area contributed by atoms with Gasteiger partial charge in [-0.15, -0.1) is 0 Å². The van der Waals surface area contributed by atoms with E-state index in [0.29, 0.717) is 0 Å². The van der Waals surface area contributed by atoms with E-state index in [-0.39, 0.29) is 0 Å². The van der Waals surface area contributed by atoms with Crippen LogP contribution in [0, 0.1) is 0 Å². The Morgan fingerprint density at radius 2 is 2.42 bits per heavy atom. The van der Waals surface area contributed by atoms with Gasteiger partial charge in [0.05, 0.1) is 19.1 Å². The topological polar surface area (TPSA) is 33.4 Å². The zero-order chi connectivity index (χ0) is 7.97. The highest BCUT2D eigenvalue weighted by Gasteiger charge is 2.19. The van der Waals surface area contributed by atoms with Gasteiger partial charge >= 0.3 is 0 Å². The molecule has 2 aliphatic rings. The molecule has 4 heteroatoms. The van der Waals surface area contributed by atoms with Crippen LogP contribution in [0.15, 0.2) is 17.3 Å². The van der Waals surface area contributed by atoms with Gasteiger partial charge in [0.1, 0.15) is 5.82 Å². The summed E-state index contributed by atoms with van der Waals surface area (Å²) in [5, 5.41) is 4.23. The Balaban J connectivity index is 2.27. The summed E-state index contributed by atoms with van der Waals surface area (Å²) in [4.78, 5) is 6.33. The van der Waals surface area contributed by atoms with Gasteiger partial charge in [0.2, 0.25) is 0 Å². The predicted octanol–water partition coefficient (Wildman–Crippen LogP) is 0.716. The van der Waals surface area contributed by atoms with Gasteiger partial charge in [-0.05, 0) is 6.08 Å². The maximum absolute atomic E-state index is 4.23. The molecule has 12 heavy (non-hydrogen) atoms. The normalized spacial score (nSPS) is 18.2. The van der Waals surface area contributed by atoms with Crippen molar-refractivity contribution in [2.45, 2.75) is 6.54 Å². The maximum Gasteiger partial charge on any atom is 0.142 e. The van der Waals surface area contributed by atoms with Crippen molar-refractivity contribution in [2.24, 2.45) is 4.99 Å². The molecule has 0 atom stereocenters. The smallest absolute Gasteiger partial charge is 0.142 e. The van der Waals surface area contributed by atoms with Gasteiger partial charge in [-0.25, -0.2) is 4.68 Å². The molecule has 0 saturated carbocycles. The van der Waals surface area contributed by atoms with Crippen molar-refractivity contribution in [2.75, 3.05) is 11.4 Å². The quantitative estimate of drug-likeness (QED) is 0.560. The van der Waals surface area contributed by atoms with E-state index in [0.717, 1.165) is 13.1 Å². The van der Waals surface area contributed by atoms with Gasteiger partial charge in [0.25, 0.3) is 0 Å². The number of hydrogen-bond donors (Lipinski definition) is 0. The molecule has 0 fully saturated rings. The van der Waals surface area contributed by atoms with Crippen molar-refractivity contribution in [3.05, 3.63) is 17.8 Å². The Hall–Kier alpha value is -1.58. The minimum atomic E-state index is 0.764. The van der Waals surface area contributed by atoms with Gasteiger partial charge < -0.3 is 4.90 Å². The van der Waals surface area contributed by atoms with Crippen LogP contribution in [0.1, 0.15) is 5.56 Å². The summed E-state index contributed by atoms with van der Waals surface area (Å²) in [7, 11) is 0. The standard InChI is InChI=1S/C8H8N4/c1-2-11-6-9-4-7-5-10-12(3-1)8(7)11/h1,3,5-6H,2,4H2. The van der Waals surface area contributed by atoms with Gasteiger partial charge in [-0.1, -0.05) is 0 Å². The lowest BCUT2D eigenvalue weighted by Gasteiger charge is -2.25. The Labute approximate surface area is 69.8 Å². The lowest BCUT2D eigenvalue weighted by atomic mass is 10.2. The molecule has 2 aliphatic heterocycles. The first kappa shape index (κ1) is 5.99. The second-order valence-corrected chi connectivity index (χ2v) is 2.93. The molecule has 0 aliphatic carbocycles. The summed E-state index contributed by atoms with van der Waals surface area (Å²) < 4.78 is 1.89. The average molecular weight is 160 g/mol. The highest BCUT2D eigenvalue weighted by molar-refractivity contribution is 5.83. The third-order valence-electron chi connectivity index (χ3n) is 2.15. The molecular weight excluding hydrogens is 152 g/mol. The lowest BCUT2D eigenvalue weighted by molar-refractivity contribution is 0.872. The van der Waals surface area contributed by atoms with Gasteiger partial charge in [0.15, 0.2) is 0 Å². The molecule has 3 heterocycles. The third kappa shape index (κ3) is 0.617. The Morgan fingerprint density at radius 3 is 3.42 bits per heavy atom. The second-order valence-electron chi connectivity index (χ2n) is 2.93. The largest absolute Gasteiger partial charge is 0.313 e. The van der Waals surface area contributed by atoms with Crippen LogP contribution in [0.2, 0.25) is 0 Å². The van der Waals surface area contributed by atoms with E-state index in [4.69, 9.17) is 0 Å². The molecule has 0 N–H and O–H groups in total. The summed E-state index contributed by atoms with van der Waals surface area (Å²) in [6, 6.07) is 0. The van der Waals surface area contributed by atoms with Crippen molar-refractivity contribution in [3.8, 4) is 0 Å². The molecule has 0 spiro atoms. The monoisotopic (exact) mass is 160 g/mol. The van der Waals surface area contributed by atoms with E-state index in [9.17, 15) is 0 Å². The van der Waals surface area contributed by atoms with E-state index in [2.05, 4.69) is 21.1 Å². The van der Waals surface area contributed by atoms with E-state index in [1.54, 1.807) is 0 Å². The number of rotatable bonds is 0. The fourth-order valence-electron chi connectivity index (χ4n) is 1.61. The van der Waals surface area contributed by atoms with Gasteiger partial charge in [-0.3, -0.25) is 4.99 Å². The van der Waals surface area contributed by atoms with E-state index in [1.165, 1.54) is 11.4 Å². The minimum Gasteiger partial charge on any atom is -0.313 e. The molecule has 0 aromatic carbocycles. The second kappa shape index (κ2) is 1.97. The lowest BCUT2D eigenvalue weighted by Crippen LogP contribution is -2.29. The molecule has 3 rings (SSSR count). The van der Waals surface area contributed by atoms with Crippen LogP contribution < -0.4 is 4.90 Å². The number of nitrogens with zero attached hydrogens (tertiary/aromatic N) is 4. The van der Waals surface area contributed by atoms with Crippen LogP contribution in [-0.4, -0.2) is 22.7 Å². The van der Waals surface area contributed by atoms with Crippen LogP contribution in [0.4, 0.5) is 5.82 Å². The molecule has 4 nitrogen and oxygen atoms in total. The zero-order valence-corrected chi connectivity index (χ0v) is 6.51. The van der Waals surface area contributed by atoms with Crippen LogP contribution in [0.25, 0.3) is 6.20 Å². The summed E-state index contributed by atoms with van der Waals surface area (Å²) in [6.45, 7) is 1.67. The Kier molecular flexibility index (Phi) is 0.983. The van der Waals surface area contributed by atoms with E-state index >= 15 is 0 Å². The molecule has 0 radical (unpaired) electrons. The van der Waals surface area contributed by atoms with Gasteiger partial charge in [0, 0.05) is 18.3 Å². The molecule has 0 saturated heterocycles. The number of aromatic nitrogens is 2. The first-order valence-corrected chi connectivity index (χ1v) is 3.95. The maximum atomic E-state index is 4.23. The first-order valence-electron chi connectivity index (χ1n) is 3.95. The van der Waals surface area contributed by atoms with Crippen molar-refractivity contribution < 1.29 is 0 Å². The summed E-state index contributed by atoms with van der Waals surface area (Å²) in [5.41, 5.74) is 1.21. The van der Waals surface area contributed by atoms with Crippen molar-refractivity contribution in [1.29, 1.82) is 0 Å². The fourth-order valence-corrected chi connectivity index (χ4v) is 1.61. The minimum absolute atomic E-state index is 0.764. The van der Waals surface area contributed by atoms with Crippen molar-refractivity contribution in [3.63, 3.8) is 0 Å². The van der Waals surface area contributed by atoms with Crippen LogP contribution >= 0.6 is 0 Å². The summed E-state index contributed by atoms with van der Waals surface area (Å²) >= 11 is 0. The predicted molar refractivity (Wildman–Crippen MR) is 47.1 cm³/mol. The van der Waals surface area contributed by atoms with Gasteiger partial charge in [-0.2, -0.15) is 5.10 Å². The molecule has 60 valence electrons. The van der Waals surface area contributed by atoms with Crippen LogP contribution in [0.5, 0.6) is 0 Å². The van der Waals surface area contributed by atoms with Crippen molar-refractivity contribution in [1.82, 2.24) is 9.78 Å². The first-order chi connectivity index (χ1) is 5.95.